The standard InChI is InChI=1S/C16H14Br2O/c1-10-3-2-4-13(15(10)17)16(18)12-5-6-14-11(9-12)7-8-19-14/h2-6,9,16H,7-8H2,1H3. The summed E-state index contributed by atoms with van der Waals surface area (Å²) < 4.78 is 6.73. The van der Waals surface area contributed by atoms with Gasteiger partial charge in [-0.15, -0.1) is 0 Å². The van der Waals surface area contributed by atoms with Gasteiger partial charge in [0.2, 0.25) is 0 Å². The second kappa shape index (κ2) is 5.29. The topological polar surface area (TPSA) is 9.23 Å². The molecule has 0 spiro atoms. The second-order valence-corrected chi connectivity index (χ2v) is 6.51. The molecule has 2 aromatic rings. The highest BCUT2D eigenvalue weighted by atomic mass is 79.9. The van der Waals surface area contributed by atoms with E-state index >= 15 is 0 Å². The van der Waals surface area contributed by atoms with E-state index in [1.54, 1.807) is 0 Å². The first-order chi connectivity index (χ1) is 9.16. The lowest BCUT2D eigenvalue weighted by atomic mass is 10.0. The first-order valence-electron chi connectivity index (χ1n) is 6.31. The van der Waals surface area contributed by atoms with Gasteiger partial charge in [0.25, 0.3) is 0 Å². The summed E-state index contributed by atoms with van der Waals surface area (Å²) in [6, 6.07) is 12.8. The van der Waals surface area contributed by atoms with Crippen molar-refractivity contribution in [1.29, 1.82) is 0 Å². The number of benzene rings is 2. The van der Waals surface area contributed by atoms with Crippen LogP contribution in [0.2, 0.25) is 0 Å². The molecule has 1 aliphatic rings. The average Bonchev–Trinajstić information content (AvgIpc) is 2.88. The Labute approximate surface area is 130 Å². The molecule has 0 aliphatic carbocycles. The van der Waals surface area contributed by atoms with Crippen molar-refractivity contribution >= 4 is 31.9 Å². The summed E-state index contributed by atoms with van der Waals surface area (Å²) in [5.41, 5.74) is 5.10. The highest BCUT2D eigenvalue weighted by Crippen LogP contribution is 2.38. The Morgan fingerprint density at radius 2 is 2.05 bits per heavy atom. The molecule has 0 amide bonds. The molecule has 0 aromatic heterocycles. The normalized spacial score (nSPS) is 14.9. The summed E-state index contributed by atoms with van der Waals surface area (Å²) in [5.74, 6) is 1.03. The minimum Gasteiger partial charge on any atom is -0.493 e. The minimum atomic E-state index is 0.202. The summed E-state index contributed by atoms with van der Waals surface area (Å²) in [6.07, 6.45) is 1.01. The summed E-state index contributed by atoms with van der Waals surface area (Å²) in [5, 5.41) is 0. The van der Waals surface area contributed by atoms with Gasteiger partial charge in [0.15, 0.2) is 0 Å². The molecule has 0 bridgehead atoms. The Morgan fingerprint density at radius 3 is 2.89 bits per heavy atom. The molecule has 1 nitrogen and oxygen atoms in total. The fourth-order valence-electron chi connectivity index (χ4n) is 2.41. The maximum absolute atomic E-state index is 5.56. The molecule has 19 heavy (non-hydrogen) atoms. The molecule has 2 aromatic carbocycles. The van der Waals surface area contributed by atoms with E-state index in [2.05, 4.69) is 75.2 Å². The Hall–Kier alpha value is -0.800. The van der Waals surface area contributed by atoms with Gasteiger partial charge in [-0.1, -0.05) is 62.2 Å². The van der Waals surface area contributed by atoms with Gasteiger partial charge in [-0.05, 0) is 35.2 Å². The lowest BCUT2D eigenvalue weighted by molar-refractivity contribution is 0.357. The molecule has 0 radical (unpaired) electrons. The molecule has 1 atom stereocenters. The number of halogens is 2. The van der Waals surface area contributed by atoms with Crippen molar-refractivity contribution in [3.05, 3.63) is 63.1 Å². The zero-order chi connectivity index (χ0) is 13.4. The number of aryl methyl sites for hydroxylation is 1. The molecule has 0 fully saturated rings. The Morgan fingerprint density at radius 1 is 1.21 bits per heavy atom. The van der Waals surface area contributed by atoms with Crippen molar-refractivity contribution in [3.63, 3.8) is 0 Å². The van der Waals surface area contributed by atoms with E-state index in [0.717, 1.165) is 18.8 Å². The first kappa shape index (κ1) is 13.2. The zero-order valence-corrected chi connectivity index (χ0v) is 13.8. The van der Waals surface area contributed by atoms with Crippen LogP contribution in [0.5, 0.6) is 5.75 Å². The third-order valence-electron chi connectivity index (χ3n) is 3.50. The zero-order valence-electron chi connectivity index (χ0n) is 10.6. The van der Waals surface area contributed by atoms with Crippen molar-refractivity contribution in [2.45, 2.75) is 18.2 Å². The van der Waals surface area contributed by atoms with Crippen molar-refractivity contribution < 1.29 is 4.74 Å². The molecular weight excluding hydrogens is 368 g/mol. The van der Waals surface area contributed by atoms with Crippen LogP contribution in [0.4, 0.5) is 0 Å². The average molecular weight is 382 g/mol. The van der Waals surface area contributed by atoms with Gasteiger partial charge in [0, 0.05) is 10.9 Å². The lowest BCUT2D eigenvalue weighted by Gasteiger charge is -2.15. The SMILES string of the molecule is Cc1cccc(C(Br)c2ccc3c(c2)CCO3)c1Br. The number of hydrogen-bond donors (Lipinski definition) is 0. The predicted octanol–water partition coefficient (Wildman–Crippen LogP) is 5.18. The van der Waals surface area contributed by atoms with Gasteiger partial charge >= 0.3 is 0 Å². The van der Waals surface area contributed by atoms with Crippen LogP contribution in [-0.4, -0.2) is 6.61 Å². The van der Waals surface area contributed by atoms with Crippen molar-refractivity contribution in [2.75, 3.05) is 6.61 Å². The molecule has 0 saturated heterocycles. The Kier molecular flexibility index (Phi) is 3.68. The Bertz CT molecular complexity index is 622. The van der Waals surface area contributed by atoms with E-state index in [9.17, 15) is 0 Å². The fourth-order valence-corrected chi connectivity index (χ4v) is 3.88. The quantitative estimate of drug-likeness (QED) is 0.651. The van der Waals surface area contributed by atoms with Crippen LogP contribution < -0.4 is 4.74 Å². The van der Waals surface area contributed by atoms with Gasteiger partial charge < -0.3 is 4.74 Å². The molecule has 98 valence electrons. The summed E-state index contributed by atoms with van der Waals surface area (Å²) in [4.78, 5) is 0.202. The largest absolute Gasteiger partial charge is 0.493 e. The van der Waals surface area contributed by atoms with E-state index in [4.69, 9.17) is 4.74 Å². The van der Waals surface area contributed by atoms with Gasteiger partial charge in [-0.3, -0.25) is 0 Å². The molecule has 0 N–H and O–H groups in total. The summed E-state index contributed by atoms with van der Waals surface area (Å²) in [7, 11) is 0. The Balaban J connectivity index is 2.00. The molecule has 0 saturated carbocycles. The smallest absolute Gasteiger partial charge is 0.122 e. The highest BCUT2D eigenvalue weighted by molar-refractivity contribution is 9.11. The van der Waals surface area contributed by atoms with Gasteiger partial charge in [0.1, 0.15) is 5.75 Å². The van der Waals surface area contributed by atoms with E-state index in [0.29, 0.717) is 0 Å². The maximum atomic E-state index is 5.56. The maximum Gasteiger partial charge on any atom is 0.122 e. The second-order valence-electron chi connectivity index (χ2n) is 4.81. The van der Waals surface area contributed by atoms with Crippen molar-refractivity contribution in [3.8, 4) is 5.75 Å². The molecule has 3 heteroatoms. The van der Waals surface area contributed by atoms with E-state index < -0.39 is 0 Å². The number of hydrogen-bond acceptors (Lipinski definition) is 1. The number of alkyl halides is 1. The molecule has 1 unspecified atom stereocenters. The monoisotopic (exact) mass is 380 g/mol. The lowest BCUT2D eigenvalue weighted by Crippen LogP contribution is -1.96. The van der Waals surface area contributed by atoms with E-state index in [1.165, 1.54) is 26.7 Å². The van der Waals surface area contributed by atoms with Gasteiger partial charge in [0.05, 0.1) is 11.4 Å². The molecule has 1 aliphatic heterocycles. The van der Waals surface area contributed by atoms with Crippen LogP contribution in [0.15, 0.2) is 40.9 Å². The van der Waals surface area contributed by atoms with Crippen LogP contribution in [0, 0.1) is 6.92 Å². The van der Waals surface area contributed by atoms with Crippen LogP contribution in [0.3, 0.4) is 0 Å². The summed E-state index contributed by atoms with van der Waals surface area (Å²) in [6.45, 7) is 2.92. The first-order valence-corrected chi connectivity index (χ1v) is 8.02. The van der Waals surface area contributed by atoms with Crippen LogP contribution >= 0.6 is 31.9 Å². The van der Waals surface area contributed by atoms with Gasteiger partial charge in [-0.2, -0.15) is 0 Å². The van der Waals surface area contributed by atoms with E-state index in [-0.39, 0.29) is 4.83 Å². The number of rotatable bonds is 2. The molecule has 1 heterocycles. The van der Waals surface area contributed by atoms with Crippen LogP contribution in [-0.2, 0) is 6.42 Å². The fraction of sp³-hybridized carbons (Fsp3) is 0.250. The third kappa shape index (κ3) is 2.46. The van der Waals surface area contributed by atoms with E-state index in [1.807, 2.05) is 0 Å². The number of fused-ring (bicyclic) bond motifs is 1. The van der Waals surface area contributed by atoms with Gasteiger partial charge in [-0.25, -0.2) is 0 Å². The molecule has 3 rings (SSSR count). The minimum absolute atomic E-state index is 0.202. The van der Waals surface area contributed by atoms with Crippen LogP contribution in [0.25, 0.3) is 0 Å². The highest BCUT2D eigenvalue weighted by Gasteiger charge is 2.18. The van der Waals surface area contributed by atoms with Crippen molar-refractivity contribution in [2.24, 2.45) is 0 Å². The van der Waals surface area contributed by atoms with Crippen LogP contribution in [0.1, 0.15) is 27.1 Å². The molecular formula is C16H14Br2O. The predicted molar refractivity (Wildman–Crippen MR) is 85.3 cm³/mol. The third-order valence-corrected chi connectivity index (χ3v) is 5.61. The summed E-state index contributed by atoms with van der Waals surface area (Å²) >= 11 is 7.50. The van der Waals surface area contributed by atoms with Crippen molar-refractivity contribution in [1.82, 2.24) is 0 Å². The number of ether oxygens (including phenoxy) is 1.